The molecule has 0 saturated carbocycles. The van der Waals surface area contributed by atoms with Gasteiger partial charge in [-0.3, -0.25) is 19.8 Å². The van der Waals surface area contributed by atoms with Gasteiger partial charge in [-0.25, -0.2) is 9.80 Å². The van der Waals surface area contributed by atoms with Gasteiger partial charge in [-0.15, -0.1) is 0 Å². The molecule has 3 amide bonds. The molecule has 1 aliphatic rings. The van der Waals surface area contributed by atoms with Crippen LogP contribution in [0.25, 0.3) is 0 Å². The minimum absolute atomic E-state index is 0.161. The number of ether oxygens (including phenoxy) is 1. The summed E-state index contributed by atoms with van der Waals surface area (Å²) in [7, 11) is 1.27. The van der Waals surface area contributed by atoms with E-state index in [2.05, 4.69) is 16.1 Å². The third-order valence-electron chi connectivity index (χ3n) is 5.18. The highest BCUT2D eigenvalue weighted by Crippen LogP contribution is 2.22. The highest BCUT2D eigenvalue weighted by atomic mass is 32.2. The number of methoxy groups -OCH3 is 1. The van der Waals surface area contributed by atoms with E-state index in [1.165, 1.54) is 7.11 Å². The van der Waals surface area contributed by atoms with E-state index in [4.69, 9.17) is 4.74 Å². The zero-order valence-electron chi connectivity index (χ0n) is 18.9. The van der Waals surface area contributed by atoms with Gasteiger partial charge in [-0.05, 0) is 29.9 Å². The summed E-state index contributed by atoms with van der Waals surface area (Å²) in [4.78, 5) is 50.2. The number of rotatable bonds is 11. The molecular weight excluding hydrogens is 432 g/mol. The Morgan fingerprint density at radius 1 is 1.16 bits per heavy atom. The van der Waals surface area contributed by atoms with Gasteiger partial charge >= 0.3 is 5.97 Å². The van der Waals surface area contributed by atoms with Gasteiger partial charge in [0, 0.05) is 13.0 Å². The number of carbonyl (C=O) groups is 4. The Labute approximate surface area is 193 Å². The summed E-state index contributed by atoms with van der Waals surface area (Å²) in [6.07, 6.45) is 2.62. The van der Waals surface area contributed by atoms with Crippen LogP contribution in [-0.4, -0.2) is 66.4 Å². The minimum Gasteiger partial charge on any atom is -0.467 e. The maximum atomic E-state index is 13.3. The van der Waals surface area contributed by atoms with Crippen LogP contribution in [0.4, 0.5) is 0 Å². The number of benzene rings is 1. The Morgan fingerprint density at radius 2 is 1.84 bits per heavy atom. The Morgan fingerprint density at radius 3 is 2.38 bits per heavy atom. The zero-order valence-corrected chi connectivity index (χ0v) is 19.7. The van der Waals surface area contributed by atoms with Crippen LogP contribution in [0.2, 0.25) is 0 Å². The van der Waals surface area contributed by atoms with E-state index in [-0.39, 0.29) is 11.8 Å². The second-order valence-corrected chi connectivity index (χ2v) is 8.87. The van der Waals surface area contributed by atoms with Gasteiger partial charge in [-0.1, -0.05) is 44.2 Å². The van der Waals surface area contributed by atoms with Crippen LogP contribution < -0.4 is 16.1 Å². The first-order valence-corrected chi connectivity index (χ1v) is 12.0. The Hall–Kier alpha value is -2.59. The Kier molecular flexibility index (Phi) is 9.98. The van der Waals surface area contributed by atoms with Gasteiger partial charge in [-0.2, -0.15) is 11.8 Å². The lowest BCUT2D eigenvalue weighted by Crippen LogP contribution is -2.56. The molecular formula is C22H32N4O5S. The van der Waals surface area contributed by atoms with Crippen molar-refractivity contribution in [1.29, 1.82) is 0 Å². The fourth-order valence-electron chi connectivity index (χ4n) is 3.45. The van der Waals surface area contributed by atoms with Crippen LogP contribution in [-0.2, 0) is 23.9 Å². The second kappa shape index (κ2) is 12.4. The van der Waals surface area contributed by atoms with Crippen LogP contribution in [0.15, 0.2) is 30.3 Å². The molecule has 10 heteroatoms. The molecule has 1 aliphatic heterocycles. The molecule has 3 N–H and O–H groups in total. The molecule has 3 atom stereocenters. The molecule has 32 heavy (non-hydrogen) atoms. The highest BCUT2D eigenvalue weighted by Gasteiger charge is 2.36. The topological polar surface area (TPSA) is 117 Å². The fraction of sp³-hybridized carbons (Fsp3) is 0.545. The van der Waals surface area contributed by atoms with Crippen molar-refractivity contribution < 1.29 is 23.9 Å². The van der Waals surface area contributed by atoms with Gasteiger partial charge in [0.05, 0.1) is 7.11 Å². The summed E-state index contributed by atoms with van der Waals surface area (Å²) >= 11 is 1.56. The number of thioether (sulfide) groups is 1. The summed E-state index contributed by atoms with van der Waals surface area (Å²) in [6.45, 7) is 4.01. The monoisotopic (exact) mass is 464 g/mol. The molecule has 1 fully saturated rings. The first-order valence-electron chi connectivity index (χ1n) is 10.6. The Balaban J connectivity index is 2.19. The maximum Gasteiger partial charge on any atom is 0.328 e. The normalized spacial score (nSPS) is 16.7. The van der Waals surface area contributed by atoms with Crippen molar-refractivity contribution in [2.75, 3.05) is 25.7 Å². The molecule has 0 radical (unpaired) electrons. The van der Waals surface area contributed by atoms with Crippen LogP contribution in [0, 0.1) is 5.92 Å². The predicted octanol–water partition coefficient (Wildman–Crippen LogP) is 1.02. The summed E-state index contributed by atoms with van der Waals surface area (Å²) < 4.78 is 4.81. The van der Waals surface area contributed by atoms with Gasteiger partial charge < -0.3 is 15.4 Å². The minimum atomic E-state index is -0.867. The number of hydrazine groups is 1. The summed E-state index contributed by atoms with van der Waals surface area (Å²) in [5.74, 6) is -1.12. The molecule has 9 nitrogen and oxygen atoms in total. The lowest BCUT2D eigenvalue weighted by molar-refractivity contribution is -0.145. The third kappa shape index (κ3) is 6.96. The van der Waals surface area contributed by atoms with Crippen LogP contribution in [0.3, 0.4) is 0 Å². The number of amides is 3. The van der Waals surface area contributed by atoms with Gasteiger partial charge in [0.25, 0.3) is 0 Å². The molecule has 0 spiro atoms. The lowest BCUT2D eigenvalue weighted by Gasteiger charge is -2.30. The standard InChI is InChI=1S/C22H32N4O5S/c1-14(2)18(20(28)23-16(11-13-32-4)22(30)31-3)24-21(29)19(15-8-6-5-7-9-15)26-12-10-17(27)25-26/h5-9,14,16,18-19H,10-13H2,1-4H3,(H,23,28)(H,24,29)(H,25,27)/t16-,18-,19?/m0/s1. The molecule has 0 aliphatic carbocycles. The molecule has 1 saturated heterocycles. The van der Waals surface area contributed by atoms with Crippen molar-refractivity contribution in [1.82, 2.24) is 21.1 Å². The van der Waals surface area contributed by atoms with E-state index in [1.807, 2.05) is 38.3 Å². The van der Waals surface area contributed by atoms with E-state index in [1.54, 1.807) is 28.9 Å². The number of nitrogens with zero attached hydrogens (tertiary/aromatic N) is 1. The second-order valence-electron chi connectivity index (χ2n) is 7.89. The van der Waals surface area contributed by atoms with E-state index in [0.29, 0.717) is 30.7 Å². The largest absolute Gasteiger partial charge is 0.467 e. The van der Waals surface area contributed by atoms with Crippen LogP contribution in [0.5, 0.6) is 0 Å². The zero-order chi connectivity index (χ0) is 23.7. The number of hydrogen-bond donors (Lipinski definition) is 3. The molecule has 176 valence electrons. The Bertz CT molecular complexity index is 805. The van der Waals surface area contributed by atoms with E-state index >= 15 is 0 Å². The van der Waals surface area contributed by atoms with Gasteiger partial charge in [0.15, 0.2) is 0 Å². The first-order chi connectivity index (χ1) is 15.3. The van der Waals surface area contributed by atoms with Crippen molar-refractivity contribution in [3.63, 3.8) is 0 Å². The van der Waals surface area contributed by atoms with Crippen molar-refractivity contribution in [3.05, 3.63) is 35.9 Å². The predicted molar refractivity (Wildman–Crippen MR) is 122 cm³/mol. The van der Waals surface area contributed by atoms with Crippen molar-refractivity contribution >= 4 is 35.5 Å². The summed E-state index contributed by atoms with van der Waals surface area (Å²) in [6, 6.07) is 6.62. The first kappa shape index (κ1) is 25.7. The average Bonchev–Trinajstić information content (AvgIpc) is 3.20. The molecule has 2 rings (SSSR count). The SMILES string of the molecule is COC(=O)[C@H](CCSC)NC(=O)[C@@H](NC(=O)C(c1ccccc1)N1CCC(=O)N1)C(C)C. The molecule has 1 aromatic carbocycles. The smallest absolute Gasteiger partial charge is 0.328 e. The number of esters is 1. The number of hydrogen-bond acceptors (Lipinski definition) is 7. The quantitative estimate of drug-likeness (QED) is 0.419. The molecule has 1 aromatic rings. The van der Waals surface area contributed by atoms with Crippen molar-refractivity contribution in [2.24, 2.45) is 5.92 Å². The molecule has 1 unspecified atom stereocenters. The molecule has 0 aromatic heterocycles. The molecule has 1 heterocycles. The van der Waals surface area contributed by atoms with Crippen molar-refractivity contribution in [3.8, 4) is 0 Å². The number of nitrogens with one attached hydrogen (secondary N) is 3. The van der Waals surface area contributed by atoms with Crippen molar-refractivity contribution in [2.45, 2.75) is 44.8 Å². The average molecular weight is 465 g/mol. The van der Waals surface area contributed by atoms with Gasteiger partial charge in [0.2, 0.25) is 17.7 Å². The summed E-state index contributed by atoms with van der Waals surface area (Å²) in [5, 5.41) is 7.12. The maximum absolute atomic E-state index is 13.3. The van der Waals surface area contributed by atoms with E-state index < -0.39 is 35.9 Å². The number of carbonyl (C=O) groups excluding carboxylic acids is 4. The van der Waals surface area contributed by atoms with Crippen LogP contribution >= 0.6 is 11.8 Å². The van der Waals surface area contributed by atoms with E-state index in [9.17, 15) is 19.2 Å². The fourth-order valence-corrected chi connectivity index (χ4v) is 3.92. The summed E-state index contributed by atoms with van der Waals surface area (Å²) in [5.41, 5.74) is 3.41. The third-order valence-corrected chi connectivity index (χ3v) is 5.83. The van der Waals surface area contributed by atoms with Crippen LogP contribution in [0.1, 0.15) is 38.3 Å². The highest BCUT2D eigenvalue weighted by molar-refractivity contribution is 7.98. The van der Waals surface area contributed by atoms with Gasteiger partial charge in [0.1, 0.15) is 18.1 Å². The van der Waals surface area contributed by atoms with E-state index in [0.717, 1.165) is 0 Å². The molecule has 0 bridgehead atoms. The lowest BCUT2D eigenvalue weighted by atomic mass is 10.00.